The first-order chi connectivity index (χ1) is 13.6. The lowest BCUT2D eigenvalue weighted by Gasteiger charge is -2.11. The summed E-state index contributed by atoms with van der Waals surface area (Å²) in [6.07, 6.45) is 0.772. The van der Waals surface area contributed by atoms with Crippen molar-refractivity contribution in [2.75, 3.05) is 33.9 Å². The second kappa shape index (κ2) is 11.5. The Kier molecular flexibility index (Phi) is 8.65. The average molecular weight is 386 g/mol. The third-order valence-electron chi connectivity index (χ3n) is 3.99. The monoisotopic (exact) mass is 386 g/mol. The lowest BCUT2D eigenvalue weighted by atomic mass is 10.1. The second-order valence-electron chi connectivity index (χ2n) is 5.97. The van der Waals surface area contributed by atoms with Gasteiger partial charge in [-0.05, 0) is 42.3 Å². The molecule has 2 amide bonds. The highest BCUT2D eigenvalue weighted by Crippen LogP contribution is 2.24. The van der Waals surface area contributed by atoms with Gasteiger partial charge >= 0.3 is 0 Å². The summed E-state index contributed by atoms with van der Waals surface area (Å²) in [5.41, 5.74) is 0.934. The van der Waals surface area contributed by atoms with Gasteiger partial charge in [0.2, 0.25) is 11.8 Å². The van der Waals surface area contributed by atoms with E-state index in [0.29, 0.717) is 18.7 Å². The van der Waals surface area contributed by atoms with Crippen molar-refractivity contribution in [3.8, 4) is 17.2 Å². The van der Waals surface area contributed by atoms with E-state index in [0.717, 1.165) is 17.1 Å². The summed E-state index contributed by atoms with van der Waals surface area (Å²) in [6.45, 7) is 0.613. The molecule has 0 fully saturated rings. The number of amides is 2. The molecule has 0 aromatic heterocycles. The molecule has 0 spiro atoms. The number of carbonyl (C=O) groups is 2. The second-order valence-corrected chi connectivity index (χ2v) is 5.97. The quantitative estimate of drug-likeness (QED) is 0.617. The Balaban J connectivity index is 1.64. The van der Waals surface area contributed by atoms with Gasteiger partial charge < -0.3 is 24.8 Å². The Bertz CT molecular complexity index is 765. The van der Waals surface area contributed by atoms with E-state index in [1.165, 1.54) is 0 Å². The maximum absolute atomic E-state index is 11.9. The minimum Gasteiger partial charge on any atom is -0.497 e. The number of methoxy groups -OCH3 is 2. The van der Waals surface area contributed by atoms with Crippen LogP contribution in [0.2, 0.25) is 0 Å². The normalized spacial score (nSPS) is 10.1. The Morgan fingerprint density at radius 1 is 0.893 bits per heavy atom. The molecule has 2 aromatic rings. The van der Waals surface area contributed by atoms with Crippen molar-refractivity contribution in [3.63, 3.8) is 0 Å². The van der Waals surface area contributed by atoms with Crippen LogP contribution in [-0.4, -0.2) is 45.7 Å². The maximum Gasteiger partial charge on any atom is 0.239 e. The summed E-state index contributed by atoms with van der Waals surface area (Å²) in [6, 6.07) is 14.8. The van der Waals surface area contributed by atoms with E-state index in [2.05, 4.69) is 10.6 Å². The van der Waals surface area contributed by atoms with Crippen molar-refractivity contribution < 1.29 is 23.8 Å². The van der Waals surface area contributed by atoms with Crippen LogP contribution < -0.4 is 24.8 Å². The molecular weight excluding hydrogens is 360 g/mol. The fourth-order valence-corrected chi connectivity index (χ4v) is 2.52. The van der Waals surface area contributed by atoms with Crippen molar-refractivity contribution in [1.82, 2.24) is 10.6 Å². The first-order valence-electron chi connectivity index (χ1n) is 9.04. The van der Waals surface area contributed by atoms with Gasteiger partial charge in [0.05, 0.1) is 33.8 Å². The predicted molar refractivity (Wildman–Crippen MR) is 106 cm³/mol. The van der Waals surface area contributed by atoms with E-state index in [4.69, 9.17) is 14.2 Å². The number of carbonyl (C=O) groups excluding carboxylic acids is 2. The Hall–Kier alpha value is -3.22. The van der Waals surface area contributed by atoms with E-state index in [-0.39, 0.29) is 31.4 Å². The maximum atomic E-state index is 11.9. The van der Waals surface area contributed by atoms with Gasteiger partial charge in [-0.1, -0.05) is 18.2 Å². The molecule has 0 aliphatic heterocycles. The molecule has 0 aliphatic carbocycles. The van der Waals surface area contributed by atoms with Crippen molar-refractivity contribution in [3.05, 3.63) is 54.1 Å². The highest BCUT2D eigenvalue weighted by Gasteiger charge is 2.08. The number of para-hydroxylation sites is 1. The van der Waals surface area contributed by atoms with Crippen LogP contribution in [0.4, 0.5) is 0 Å². The van der Waals surface area contributed by atoms with Crippen LogP contribution in [0, 0.1) is 0 Å². The molecule has 2 rings (SSSR count). The van der Waals surface area contributed by atoms with Gasteiger partial charge in [-0.2, -0.15) is 0 Å². The van der Waals surface area contributed by atoms with Crippen molar-refractivity contribution in [2.24, 2.45) is 0 Å². The molecule has 0 saturated heterocycles. The van der Waals surface area contributed by atoms with Crippen LogP contribution in [0.5, 0.6) is 17.2 Å². The van der Waals surface area contributed by atoms with Crippen molar-refractivity contribution in [2.45, 2.75) is 12.8 Å². The molecule has 2 N–H and O–H groups in total. The van der Waals surface area contributed by atoms with Gasteiger partial charge in [0, 0.05) is 6.54 Å². The first kappa shape index (κ1) is 21.1. The summed E-state index contributed by atoms with van der Waals surface area (Å²) < 4.78 is 16.0. The van der Waals surface area contributed by atoms with Gasteiger partial charge in [0.15, 0.2) is 0 Å². The molecule has 0 heterocycles. The highest BCUT2D eigenvalue weighted by molar-refractivity contribution is 5.84. The molecule has 0 unspecified atom stereocenters. The van der Waals surface area contributed by atoms with Gasteiger partial charge in [-0.15, -0.1) is 0 Å². The Labute approximate surface area is 165 Å². The van der Waals surface area contributed by atoms with Crippen LogP contribution >= 0.6 is 0 Å². The third kappa shape index (κ3) is 7.19. The zero-order chi connectivity index (χ0) is 20.2. The van der Waals surface area contributed by atoms with Gasteiger partial charge in [-0.25, -0.2) is 0 Å². The van der Waals surface area contributed by atoms with Crippen molar-refractivity contribution in [1.29, 1.82) is 0 Å². The predicted octanol–water partition coefficient (Wildman–Crippen LogP) is 1.95. The molecule has 0 bridgehead atoms. The van der Waals surface area contributed by atoms with Gasteiger partial charge in [0.25, 0.3) is 0 Å². The Morgan fingerprint density at radius 2 is 1.68 bits per heavy atom. The topological polar surface area (TPSA) is 85.9 Å². The molecule has 0 radical (unpaired) electrons. The van der Waals surface area contributed by atoms with Crippen LogP contribution in [0.3, 0.4) is 0 Å². The fraction of sp³-hybridized carbons (Fsp3) is 0.333. The van der Waals surface area contributed by atoms with E-state index in [9.17, 15) is 9.59 Å². The molecule has 150 valence electrons. The van der Waals surface area contributed by atoms with Gasteiger partial charge in [-0.3, -0.25) is 9.59 Å². The molecule has 28 heavy (non-hydrogen) atoms. The van der Waals surface area contributed by atoms with Crippen LogP contribution in [0.15, 0.2) is 48.5 Å². The molecule has 7 nitrogen and oxygen atoms in total. The van der Waals surface area contributed by atoms with Crippen LogP contribution in [0.1, 0.15) is 12.0 Å². The minimum atomic E-state index is -0.251. The van der Waals surface area contributed by atoms with Crippen LogP contribution in [0.25, 0.3) is 0 Å². The number of benzene rings is 2. The first-order valence-corrected chi connectivity index (χ1v) is 9.04. The highest BCUT2D eigenvalue weighted by atomic mass is 16.5. The standard InChI is InChI=1S/C21H26N2O5/c1-26-18-8-9-19(27-2)16(14-18)10-12-22-21(25)15-23-20(24)11-13-28-17-6-4-3-5-7-17/h3-9,14H,10-13,15H2,1-2H3,(H,22,25)(H,23,24). The Morgan fingerprint density at radius 3 is 2.39 bits per heavy atom. The lowest BCUT2D eigenvalue weighted by molar-refractivity contribution is -0.126. The smallest absolute Gasteiger partial charge is 0.239 e. The lowest BCUT2D eigenvalue weighted by Crippen LogP contribution is -2.38. The third-order valence-corrected chi connectivity index (χ3v) is 3.99. The van der Waals surface area contributed by atoms with Crippen molar-refractivity contribution >= 4 is 11.8 Å². The van der Waals surface area contributed by atoms with E-state index in [1.54, 1.807) is 14.2 Å². The fourth-order valence-electron chi connectivity index (χ4n) is 2.52. The molecule has 0 aliphatic rings. The number of ether oxygens (including phenoxy) is 3. The summed E-state index contributed by atoms with van der Waals surface area (Å²) in [4.78, 5) is 23.7. The van der Waals surface area contributed by atoms with Crippen LogP contribution in [-0.2, 0) is 16.0 Å². The molecule has 2 aromatic carbocycles. The number of hydrogen-bond acceptors (Lipinski definition) is 5. The number of rotatable bonds is 11. The summed E-state index contributed by atoms with van der Waals surface area (Å²) in [5.74, 6) is 1.69. The van der Waals surface area contributed by atoms with E-state index >= 15 is 0 Å². The largest absolute Gasteiger partial charge is 0.497 e. The SMILES string of the molecule is COc1ccc(OC)c(CCNC(=O)CNC(=O)CCOc2ccccc2)c1. The zero-order valence-corrected chi connectivity index (χ0v) is 16.2. The summed E-state index contributed by atoms with van der Waals surface area (Å²) in [7, 11) is 3.20. The molecule has 7 heteroatoms. The molecule has 0 saturated carbocycles. The zero-order valence-electron chi connectivity index (χ0n) is 16.2. The van der Waals surface area contributed by atoms with E-state index in [1.807, 2.05) is 48.5 Å². The number of nitrogens with one attached hydrogen (secondary N) is 2. The number of hydrogen-bond donors (Lipinski definition) is 2. The minimum absolute atomic E-state index is 0.0700. The average Bonchev–Trinajstić information content (AvgIpc) is 2.73. The summed E-state index contributed by atoms with van der Waals surface area (Å²) >= 11 is 0. The van der Waals surface area contributed by atoms with Gasteiger partial charge in [0.1, 0.15) is 17.2 Å². The summed E-state index contributed by atoms with van der Waals surface area (Å²) in [5, 5.41) is 5.36. The van der Waals surface area contributed by atoms with E-state index < -0.39 is 0 Å². The molecular formula is C21H26N2O5. The molecule has 0 atom stereocenters.